The Morgan fingerprint density at radius 3 is 2.22 bits per heavy atom. The van der Waals surface area contributed by atoms with Crippen LogP contribution in [0.4, 0.5) is 17.6 Å². The molecule has 0 spiro atoms. The van der Waals surface area contributed by atoms with E-state index < -0.39 is 17.6 Å². The highest BCUT2D eigenvalue weighted by atomic mass is 19.4. The highest BCUT2D eigenvalue weighted by Gasteiger charge is 2.30. The minimum absolute atomic E-state index is 0.312. The number of fused-ring (bicyclic) bond motifs is 1. The maximum Gasteiger partial charge on any atom is 0.416 e. The molecular formula is C23H22F4. The van der Waals surface area contributed by atoms with Crippen molar-refractivity contribution in [2.75, 3.05) is 0 Å². The average Bonchev–Trinajstić information content (AvgIpc) is 2.65. The number of benzene rings is 3. The summed E-state index contributed by atoms with van der Waals surface area (Å²) < 4.78 is 53.1. The second-order valence-electron chi connectivity index (χ2n) is 6.87. The fraction of sp³-hybridized carbons (Fsp3) is 0.304. The van der Waals surface area contributed by atoms with E-state index in [9.17, 15) is 17.6 Å². The molecule has 0 heterocycles. The summed E-state index contributed by atoms with van der Waals surface area (Å²) in [4.78, 5) is 0. The summed E-state index contributed by atoms with van der Waals surface area (Å²) in [5.74, 6) is -0.398. The lowest BCUT2D eigenvalue weighted by Gasteiger charge is -2.11. The molecule has 0 unspecified atom stereocenters. The minimum Gasteiger partial charge on any atom is -0.206 e. The van der Waals surface area contributed by atoms with Crippen LogP contribution in [0.25, 0.3) is 21.9 Å². The van der Waals surface area contributed by atoms with Crippen LogP contribution in [-0.2, 0) is 12.6 Å². The lowest BCUT2D eigenvalue weighted by molar-refractivity contribution is -0.137. The molecule has 142 valence electrons. The maximum absolute atomic E-state index is 15.0. The first-order valence-corrected chi connectivity index (χ1v) is 9.29. The lowest BCUT2D eigenvalue weighted by Crippen LogP contribution is -2.04. The van der Waals surface area contributed by atoms with Crippen LogP contribution >= 0.6 is 0 Å². The molecule has 0 atom stereocenters. The molecule has 0 nitrogen and oxygen atoms in total. The van der Waals surface area contributed by atoms with Gasteiger partial charge < -0.3 is 0 Å². The van der Waals surface area contributed by atoms with E-state index in [-0.39, 0.29) is 0 Å². The zero-order chi connectivity index (χ0) is 19.4. The van der Waals surface area contributed by atoms with Crippen molar-refractivity contribution in [1.29, 1.82) is 0 Å². The molecule has 0 bridgehead atoms. The van der Waals surface area contributed by atoms with Crippen LogP contribution in [-0.4, -0.2) is 0 Å². The fourth-order valence-electron chi connectivity index (χ4n) is 3.31. The zero-order valence-corrected chi connectivity index (χ0v) is 15.2. The van der Waals surface area contributed by atoms with E-state index in [0.29, 0.717) is 16.5 Å². The third-order valence-electron chi connectivity index (χ3n) is 4.86. The summed E-state index contributed by atoms with van der Waals surface area (Å²) in [6, 6.07) is 13.8. The Labute approximate surface area is 156 Å². The molecule has 0 saturated carbocycles. The summed E-state index contributed by atoms with van der Waals surface area (Å²) in [6.07, 6.45) is 1.29. The van der Waals surface area contributed by atoms with Gasteiger partial charge in [-0.05, 0) is 41.5 Å². The second kappa shape index (κ2) is 8.12. The second-order valence-corrected chi connectivity index (χ2v) is 6.87. The predicted molar refractivity (Wildman–Crippen MR) is 102 cm³/mol. The molecular weight excluding hydrogens is 352 g/mol. The van der Waals surface area contributed by atoms with E-state index in [4.69, 9.17) is 0 Å². The van der Waals surface area contributed by atoms with E-state index in [1.807, 2.05) is 18.2 Å². The molecule has 3 aromatic carbocycles. The summed E-state index contributed by atoms with van der Waals surface area (Å²) >= 11 is 0. The van der Waals surface area contributed by atoms with Gasteiger partial charge in [0.25, 0.3) is 0 Å². The Kier molecular flexibility index (Phi) is 5.83. The van der Waals surface area contributed by atoms with Crippen molar-refractivity contribution in [3.63, 3.8) is 0 Å². The third-order valence-corrected chi connectivity index (χ3v) is 4.86. The number of hydrogen-bond donors (Lipinski definition) is 0. The number of halogens is 4. The van der Waals surface area contributed by atoms with Crippen LogP contribution in [0.3, 0.4) is 0 Å². The van der Waals surface area contributed by atoms with Gasteiger partial charge in [-0.3, -0.25) is 0 Å². The van der Waals surface area contributed by atoms with Crippen LogP contribution in [0.5, 0.6) is 0 Å². The number of alkyl halides is 3. The Morgan fingerprint density at radius 2 is 1.56 bits per heavy atom. The molecule has 0 aliphatic rings. The molecule has 4 heteroatoms. The van der Waals surface area contributed by atoms with Crippen LogP contribution in [0.15, 0.2) is 54.6 Å². The van der Waals surface area contributed by atoms with Gasteiger partial charge in [-0.1, -0.05) is 68.7 Å². The molecule has 0 N–H and O–H groups in total. The minimum atomic E-state index is -4.39. The maximum atomic E-state index is 15.0. The highest BCUT2D eigenvalue weighted by molar-refractivity contribution is 5.88. The van der Waals surface area contributed by atoms with Crippen LogP contribution in [0.2, 0.25) is 0 Å². The van der Waals surface area contributed by atoms with Crippen molar-refractivity contribution in [3.05, 3.63) is 71.5 Å². The van der Waals surface area contributed by atoms with Crippen molar-refractivity contribution in [1.82, 2.24) is 0 Å². The van der Waals surface area contributed by atoms with Gasteiger partial charge in [0.05, 0.1) is 5.56 Å². The molecule has 27 heavy (non-hydrogen) atoms. The van der Waals surface area contributed by atoms with Gasteiger partial charge in [0.2, 0.25) is 0 Å². The van der Waals surface area contributed by atoms with Gasteiger partial charge in [-0.2, -0.15) is 13.2 Å². The SMILES string of the molecule is CCCCCCc1ccc2c(F)c(-c3ccc(C(F)(F)F)cc3)ccc2c1. The van der Waals surface area contributed by atoms with Gasteiger partial charge in [0.15, 0.2) is 0 Å². The highest BCUT2D eigenvalue weighted by Crippen LogP contribution is 2.33. The standard InChI is InChI=1S/C23H22F4/c1-2-3-4-5-6-16-7-13-21-18(15-16)10-14-20(22(21)24)17-8-11-19(12-9-17)23(25,26)27/h7-15H,2-6H2,1H3. The van der Waals surface area contributed by atoms with Crippen molar-refractivity contribution in [3.8, 4) is 11.1 Å². The summed E-state index contributed by atoms with van der Waals surface area (Å²) in [6.45, 7) is 2.17. The number of hydrogen-bond acceptors (Lipinski definition) is 0. The number of unbranched alkanes of at least 4 members (excludes halogenated alkanes) is 3. The van der Waals surface area contributed by atoms with Crippen molar-refractivity contribution in [2.45, 2.75) is 45.2 Å². The Hall–Kier alpha value is -2.36. The quantitative estimate of drug-likeness (QED) is 0.305. The van der Waals surface area contributed by atoms with Crippen molar-refractivity contribution in [2.24, 2.45) is 0 Å². The van der Waals surface area contributed by atoms with Gasteiger partial charge in [-0.15, -0.1) is 0 Å². The van der Waals surface area contributed by atoms with Gasteiger partial charge in [0, 0.05) is 10.9 Å². The van der Waals surface area contributed by atoms with Crippen LogP contribution < -0.4 is 0 Å². The first-order valence-electron chi connectivity index (χ1n) is 9.29. The van der Waals surface area contributed by atoms with E-state index in [0.717, 1.165) is 30.4 Å². The molecule has 3 rings (SSSR count). The van der Waals surface area contributed by atoms with E-state index >= 15 is 0 Å². The third kappa shape index (κ3) is 4.49. The predicted octanol–water partition coefficient (Wildman–Crippen LogP) is 7.79. The Bertz CT molecular complexity index is 908. The van der Waals surface area contributed by atoms with E-state index in [2.05, 4.69) is 6.92 Å². The van der Waals surface area contributed by atoms with Crippen molar-refractivity contribution < 1.29 is 17.6 Å². The van der Waals surface area contributed by atoms with Crippen molar-refractivity contribution >= 4 is 10.8 Å². The summed E-state index contributed by atoms with van der Waals surface area (Å²) in [5, 5.41) is 1.31. The molecule has 0 fully saturated rings. The molecule has 0 aliphatic carbocycles. The molecule has 0 aliphatic heterocycles. The number of aryl methyl sites for hydroxylation is 1. The molecule has 3 aromatic rings. The monoisotopic (exact) mass is 374 g/mol. The van der Waals surface area contributed by atoms with E-state index in [1.54, 1.807) is 12.1 Å². The molecule has 0 saturated heterocycles. The fourth-order valence-corrected chi connectivity index (χ4v) is 3.31. The largest absolute Gasteiger partial charge is 0.416 e. The topological polar surface area (TPSA) is 0 Å². The Morgan fingerprint density at radius 1 is 0.815 bits per heavy atom. The summed E-state index contributed by atoms with van der Waals surface area (Å²) in [7, 11) is 0. The van der Waals surface area contributed by atoms with Crippen LogP contribution in [0, 0.1) is 5.82 Å². The normalized spacial score (nSPS) is 11.9. The average molecular weight is 374 g/mol. The molecule has 0 aromatic heterocycles. The van der Waals surface area contributed by atoms with Crippen LogP contribution in [0.1, 0.15) is 43.7 Å². The number of rotatable bonds is 6. The zero-order valence-electron chi connectivity index (χ0n) is 15.2. The molecule has 0 radical (unpaired) electrons. The first kappa shape index (κ1) is 19.4. The summed E-state index contributed by atoms with van der Waals surface area (Å²) in [5.41, 5.74) is 1.19. The molecule has 0 amide bonds. The van der Waals surface area contributed by atoms with E-state index in [1.165, 1.54) is 37.0 Å². The van der Waals surface area contributed by atoms with Gasteiger partial charge >= 0.3 is 6.18 Å². The Balaban J connectivity index is 1.87. The lowest BCUT2D eigenvalue weighted by atomic mass is 9.97. The smallest absolute Gasteiger partial charge is 0.206 e. The van der Waals surface area contributed by atoms with Gasteiger partial charge in [0.1, 0.15) is 5.82 Å². The first-order chi connectivity index (χ1) is 12.9. The van der Waals surface area contributed by atoms with Gasteiger partial charge in [-0.25, -0.2) is 4.39 Å².